The second-order valence-corrected chi connectivity index (χ2v) is 10.0. The van der Waals surface area contributed by atoms with Crippen LogP contribution >= 0.6 is 0 Å². The topological polar surface area (TPSA) is 8.81 Å². The fourth-order valence-corrected chi connectivity index (χ4v) is 3.21. The highest BCUT2D eigenvalue weighted by Crippen LogP contribution is 2.68. The van der Waals surface area contributed by atoms with E-state index >= 15 is 0 Å². The zero-order chi connectivity index (χ0) is 38.3. The van der Waals surface area contributed by atoms with Crippen molar-refractivity contribution >= 4 is 0 Å². The first-order valence-corrected chi connectivity index (χ1v) is 11.4. The van der Waals surface area contributed by atoms with E-state index in [9.17, 15) is 110 Å². The SMILES string of the molecule is CC(C)CC[n+]1ccn(C(F)(F)C(F)(F)C(F)(F)C(F)(F)C(F)(F)C(F)(F)C(F)(F)C(F)(F)C(F)(F)C(F)(F)C(F)(F)C(F)(F)F)c1. The summed E-state index contributed by atoms with van der Waals surface area (Å²) in [5.41, 5.74) is 0. The van der Waals surface area contributed by atoms with Gasteiger partial charge in [0.2, 0.25) is 6.33 Å². The lowest BCUT2D eigenvalue weighted by molar-refractivity contribution is -0.698. The number of nitrogens with zero attached hydrogens (tertiary/aromatic N) is 2. The summed E-state index contributed by atoms with van der Waals surface area (Å²) >= 11 is 0. The van der Waals surface area contributed by atoms with Crippen molar-refractivity contribution in [1.82, 2.24) is 4.57 Å². The molecule has 0 fully saturated rings. The number of aromatic nitrogens is 2. The van der Waals surface area contributed by atoms with E-state index in [2.05, 4.69) is 0 Å². The van der Waals surface area contributed by atoms with Crippen LogP contribution < -0.4 is 4.57 Å². The Balaban J connectivity index is 3.83. The van der Waals surface area contributed by atoms with Crippen molar-refractivity contribution in [1.29, 1.82) is 0 Å². The van der Waals surface area contributed by atoms with Crippen LogP contribution in [0.3, 0.4) is 0 Å². The molecule has 0 radical (unpaired) electrons. The molecule has 0 aliphatic carbocycles. The predicted octanol–water partition coefficient (Wildman–Crippen LogP) is 9.29. The molecule has 0 atom stereocenters. The smallest absolute Gasteiger partial charge is 0.237 e. The Kier molecular flexibility index (Phi) is 10.2. The Morgan fingerprint density at radius 1 is 0.447 bits per heavy atom. The van der Waals surface area contributed by atoms with E-state index < -0.39 is 82.6 Å². The maximum Gasteiger partial charge on any atom is 0.469 e. The van der Waals surface area contributed by atoms with Crippen molar-refractivity contribution in [3.05, 3.63) is 18.7 Å². The summed E-state index contributed by atoms with van der Waals surface area (Å²) in [6, 6.07) is -6.99. The first-order chi connectivity index (χ1) is 20.1. The van der Waals surface area contributed by atoms with E-state index in [1.807, 2.05) is 0 Å². The summed E-state index contributed by atoms with van der Waals surface area (Å²) < 4.78 is 338. The lowest BCUT2D eigenvalue weighted by Crippen LogP contribution is -2.78. The molecule has 0 spiro atoms. The predicted molar refractivity (Wildman–Crippen MR) is 99.8 cm³/mol. The molecule has 1 rings (SSSR count). The average molecular weight is 757 g/mol. The van der Waals surface area contributed by atoms with Gasteiger partial charge in [0.05, 0.1) is 6.54 Å². The van der Waals surface area contributed by atoms with Gasteiger partial charge in [0, 0.05) is 0 Å². The maximum absolute atomic E-state index is 14.3. The Morgan fingerprint density at radius 3 is 1.00 bits per heavy atom. The number of hydrogen-bond donors (Lipinski definition) is 0. The highest BCUT2D eigenvalue weighted by atomic mass is 19.4. The highest BCUT2D eigenvalue weighted by molar-refractivity contribution is 5.19. The first kappa shape index (κ1) is 42.5. The molecule has 47 heavy (non-hydrogen) atoms. The third-order valence-electron chi connectivity index (χ3n) is 6.26. The van der Waals surface area contributed by atoms with Crippen LogP contribution in [-0.4, -0.2) is 70.0 Å². The van der Waals surface area contributed by atoms with Gasteiger partial charge in [-0.1, -0.05) is 13.8 Å². The lowest BCUT2D eigenvalue weighted by atomic mass is 9.85. The van der Waals surface area contributed by atoms with Crippen LogP contribution in [0.25, 0.3) is 0 Å². The molecule has 1 heterocycles. The largest absolute Gasteiger partial charge is 0.469 e. The molecule has 1 aromatic heterocycles. The molecule has 0 amide bonds. The average Bonchev–Trinajstić information content (AvgIpc) is 3.35. The molecule has 0 aliphatic heterocycles. The molecule has 0 saturated carbocycles. The molecular weight excluding hydrogens is 743 g/mol. The number of halogens is 25. The normalized spacial score (nSPS) is 16.3. The summed E-state index contributed by atoms with van der Waals surface area (Å²) in [5.74, 6) is -91.9. The zero-order valence-corrected chi connectivity index (χ0v) is 22.1. The van der Waals surface area contributed by atoms with Gasteiger partial charge >= 0.3 is 71.4 Å². The number of aryl methyl sites for hydroxylation is 1. The van der Waals surface area contributed by atoms with Crippen molar-refractivity contribution in [2.45, 2.75) is 98.3 Å². The molecule has 0 bridgehead atoms. The maximum atomic E-state index is 14.3. The van der Waals surface area contributed by atoms with Crippen LogP contribution in [0.15, 0.2) is 18.7 Å². The summed E-state index contributed by atoms with van der Waals surface area (Å²) in [6.07, 6.45) is -8.50. The van der Waals surface area contributed by atoms with Gasteiger partial charge in [0.25, 0.3) is 0 Å². The molecule has 1 aromatic rings. The molecule has 0 aliphatic rings. The summed E-state index contributed by atoms with van der Waals surface area (Å²) in [5, 5.41) is 0. The lowest BCUT2D eigenvalue weighted by Gasteiger charge is -2.45. The summed E-state index contributed by atoms with van der Waals surface area (Å²) in [6.45, 7) is 2.51. The number of rotatable bonds is 14. The van der Waals surface area contributed by atoms with Gasteiger partial charge in [-0.3, -0.25) is 0 Å². The number of hydrogen-bond acceptors (Lipinski definition) is 0. The van der Waals surface area contributed by atoms with Gasteiger partial charge in [-0.15, -0.1) is 0 Å². The van der Waals surface area contributed by atoms with Crippen LogP contribution in [0.1, 0.15) is 20.3 Å². The molecule has 2 nitrogen and oxygen atoms in total. The van der Waals surface area contributed by atoms with Crippen LogP contribution in [0.2, 0.25) is 0 Å². The van der Waals surface area contributed by atoms with Crippen molar-refractivity contribution in [2.75, 3.05) is 0 Å². The van der Waals surface area contributed by atoms with Crippen LogP contribution in [0.5, 0.6) is 0 Å². The molecule has 0 unspecified atom stereocenters. The zero-order valence-electron chi connectivity index (χ0n) is 22.1. The summed E-state index contributed by atoms with van der Waals surface area (Å²) in [4.78, 5) is 0. The fraction of sp³-hybridized carbons (Fsp3) is 0.850. The molecule has 0 N–H and O–H groups in total. The Bertz CT molecular complexity index is 1250. The van der Waals surface area contributed by atoms with Crippen LogP contribution in [0.4, 0.5) is 110 Å². The van der Waals surface area contributed by atoms with E-state index in [-0.39, 0.29) is 24.9 Å². The molecule has 0 aromatic carbocycles. The molecule has 0 saturated heterocycles. The van der Waals surface area contributed by atoms with Gasteiger partial charge in [-0.25, -0.2) is 4.57 Å². The first-order valence-electron chi connectivity index (χ1n) is 11.4. The third kappa shape index (κ3) is 5.51. The van der Waals surface area contributed by atoms with Crippen molar-refractivity contribution in [3.8, 4) is 0 Å². The molecule has 278 valence electrons. The fourth-order valence-electron chi connectivity index (χ4n) is 3.21. The van der Waals surface area contributed by atoms with Crippen LogP contribution in [0, 0.1) is 5.92 Å². The van der Waals surface area contributed by atoms with Crippen LogP contribution in [-0.2, 0) is 12.6 Å². The van der Waals surface area contributed by atoms with E-state index in [0.717, 1.165) is 0 Å². The number of alkyl halides is 25. The van der Waals surface area contributed by atoms with Crippen molar-refractivity contribution in [3.63, 3.8) is 0 Å². The number of imidazole rings is 1. The highest BCUT2D eigenvalue weighted by Gasteiger charge is 3.00. The van der Waals surface area contributed by atoms with Gasteiger partial charge < -0.3 is 0 Å². The third-order valence-corrected chi connectivity index (χ3v) is 6.26. The van der Waals surface area contributed by atoms with Gasteiger partial charge in [-0.2, -0.15) is 114 Å². The minimum absolute atomic E-state index is 0.0101. The second kappa shape index (κ2) is 11.2. The minimum Gasteiger partial charge on any atom is -0.237 e. The van der Waals surface area contributed by atoms with E-state index in [0.29, 0.717) is 10.8 Å². The van der Waals surface area contributed by atoms with Gasteiger partial charge in [0.15, 0.2) is 0 Å². The second-order valence-electron chi connectivity index (χ2n) is 10.0. The van der Waals surface area contributed by atoms with E-state index in [1.54, 1.807) is 0 Å². The Labute approximate surface area is 243 Å². The standard InChI is InChI=1S/C20H14F25N2/c1-8(2)3-4-46-5-6-47(7-46)20(44,45)18(39,40)16(35,36)14(31,32)12(27,28)10(23,24)9(21,22)11(25,26)13(29,30)15(33,34)17(37,38)19(41,42)43/h5-8H,3-4H2,1-2H3/q+1. The van der Waals surface area contributed by atoms with Crippen molar-refractivity contribution in [2.24, 2.45) is 5.92 Å². The quantitative estimate of drug-likeness (QED) is 0.132. The van der Waals surface area contributed by atoms with E-state index in [4.69, 9.17) is 0 Å². The monoisotopic (exact) mass is 757 g/mol. The summed E-state index contributed by atoms with van der Waals surface area (Å²) in [7, 11) is 0. The minimum atomic E-state index is -9.60. The van der Waals surface area contributed by atoms with Gasteiger partial charge in [0.1, 0.15) is 12.4 Å². The Hall–Kier alpha value is -2.54. The van der Waals surface area contributed by atoms with Gasteiger partial charge in [-0.05, 0) is 12.3 Å². The van der Waals surface area contributed by atoms with E-state index in [1.165, 1.54) is 13.8 Å². The molecule has 27 heteroatoms. The Morgan fingerprint density at radius 2 is 0.723 bits per heavy atom. The van der Waals surface area contributed by atoms with Crippen molar-refractivity contribution < 1.29 is 114 Å². The molecular formula is C20H14F25N2+.